The Bertz CT molecular complexity index is 473. The first-order valence-corrected chi connectivity index (χ1v) is 7.28. The predicted octanol–water partition coefficient (Wildman–Crippen LogP) is 4.10. The summed E-state index contributed by atoms with van der Waals surface area (Å²) in [7, 11) is 0. The van der Waals surface area contributed by atoms with Gasteiger partial charge in [0.25, 0.3) is 0 Å². The van der Waals surface area contributed by atoms with Gasteiger partial charge in [0.2, 0.25) is 0 Å². The fourth-order valence-electron chi connectivity index (χ4n) is 1.76. The van der Waals surface area contributed by atoms with E-state index in [1.807, 2.05) is 11.8 Å². The van der Waals surface area contributed by atoms with Crippen LogP contribution in [0.15, 0.2) is 53.4 Å². The van der Waals surface area contributed by atoms with Crippen molar-refractivity contribution in [2.75, 3.05) is 12.3 Å². The lowest BCUT2D eigenvalue weighted by molar-refractivity contribution is 0.943. The molecule has 0 aliphatic carbocycles. The topological polar surface area (TPSA) is 26.0 Å². The van der Waals surface area contributed by atoms with E-state index in [4.69, 9.17) is 5.73 Å². The van der Waals surface area contributed by atoms with Crippen LogP contribution in [0, 0.1) is 6.92 Å². The molecule has 0 unspecified atom stereocenters. The van der Waals surface area contributed by atoms with Crippen molar-refractivity contribution in [2.45, 2.75) is 18.2 Å². The molecule has 0 fully saturated rings. The van der Waals surface area contributed by atoms with Crippen LogP contribution in [0.4, 0.5) is 0 Å². The lowest BCUT2D eigenvalue weighted by Gasteiger charge is -2.04. The van der Waals surface area contributed by atoms with Crippen molar-refractivity contribution in [3.63, 3.8) is 0 Å². The smallest absolute Gasteiger partial charge is 0.00723 e. The highest BCUT2D eigenvalue weighted by Crippen LogP contribution is 2.24. The molecule has 0 atom stereocenters. The number of aryl methyl sites for hydroxylation is 1. The van der Waals surface area contributed by atoms with Gasteiger partial charge >= 0.3 is 0 Å². The van der Waals surface area contributed by atoms with Crippen LogP contribution < -0.4 is 5.73 Å². The summed E-state index contributed by atoms with van der Waals surface area (Å²) in [4.78, 5) is 1.32. The summed E-state index contributed by atoms with van der Waals surface area (Å²) in [6.07, 6.45) is 1.07. The minimum absolute atomic E-state index is 0.772. The molecule has 2 rings (SSSR count). The van der Waals surface area contributed by atoms with Gasteiger partial charge in [-0.25, -0.2) is 0 Å². The van der Waals surface area contributed by atoms with E-state index in [0.29, 0.717) is 0 Å². The normalized spacial score (nSPS) is 10.6. The van der Waals surface area contributed by atoms with Crippen LogP contribution >= 0.6 is 11.8 Å². The fraction of sp³-hybridized carbons (Fsp3) is 0.250. The molecule has 2 aromatic rings. The zero-order valence-corrected chi connectivity index (χ0v) is 11.5. The standard InChI is InChI=1S/C16H19NS/c1-13-3-5-14(6-4-13)15-7-9-16(10-8-15)18-12-2-11-17/h3-10H,2,11-12,17H2,1H3. The van der Waals surface area contributed by atoms with Gasteiger partial charge in [-0.1, -0.05) is 42.0 Å². The lowest BCUT2D eigenvalue weighted by atomic mass is 10.0. The van der Waals surface area contributed by atoms with Gasteiger partial charge < -0.3 is 5.73 Å². The lowest BCUT2D eigenvalue weighted by Crippen LogP contribution is -1.99. The first kappa shape index (κ1) is 13.2. The van der Waals surface area contributed by atoms with Crippen LogP contribution in [0.25, 0.3) is 11.1 Å². The molecule has 0 amide bonds. The minimum Gasteiger partial charge on any atom is -0.330 e. The van der Waals surface area contributed by atoms with Crippen LogP contribution in [0.1, 0.15) is 12.0 Å². The molecule has 0 radical (unpaired) electrons. The van der Waals surface area contributed by atoms with E-state index in [0.717, 1.165) is 18.7 Å². The van der Waals surface area contributed by atoms with E-state index in [9.17, 15) is 0 Å². The highest BCUT2D eigenvalue weighted by atomic mass is 32.2. The Balaban J connectivity index is 2.05. The second-order valence-corrected chi connectivity index (χ2v) is 5.55. The molecule has 2 N–H and O–H groups in total. The van der Waals surface area contributed by atoms with Gasteiger partial charge in [0.15, 0.2) is 0 Å². The quantitative estimate of drug-likeness (QED) is 0.644. The van der Waals surface area contributed by atoms with E-state index in [1.165, 1.54) is 21.6 Å². The second-order valence-electron chi connectivity index (χ2n) is 4.38. The Morgan fingerprint density at radius 1 is 0.889 bits per heavy atom. The molecule has 0 aliphatic heterocycles. The number of thioether (sulfide) groups is 1. The predicted molar refractivity (Wildman–Crippen MR) is 81.0 cm³/mol. The Kier molecular flexibility index (Phi) is 4.85. The Morgan fingerprint density at radius 3 is 2.00 bits per heavy atom. The molecule has 0 saturated carbocycles. The number of benzene rings is 2. The van der Waals surface area contributed by atoms with Crippen molar-refractivity contribution in [2.24, 2.45) is 5.73 Å². The Morgan fingerprint density at radius 2 is 1.44 bits per heavy atom. The summed E-state index contributed by atoms with van der Waals surface area (Å²) < 4.78 is 0. The van der Waals surface area contributed by atoms with E-state index in [2.05, 4.69) is 55.5 Å². The van der Waals surface area contributed by atoms with Crippen molar-refractivity contribution >= 4 is 11.8 Å². The van der Waals surface area contributed by atoms with Gasteiger partial charge in [-0.3, -0.25) is 0 Å². The third-order valence-corrected chi connectivity index (χ3v) is 3.95. The zero-order chi connectivity index (χ0) is 12.8. The molecule has 18 heavy (non-hydrogen) atoms. The van der Waals surface area contributed by atoms with Crippen LogP contribution in [-0.2, 0) is 0 Å². The monoisotopic (exact) mass is 257 g/mol. The second kappa shape index (κ2) is 6.62. The fourth-order valence-corrected chi connectivity index (χ4v) is 2.64. The third kappa shape index (κ3) is 3.62. The van der Waals surface area contributed by atoms with E-state index < -0.39 is 0 Å². The average molecular weight is 257 g/mol. The first-order chi connectivity index (χ1) is 8.79. The molecule has 94 valence electrons. The molecule has 0 saturated heterocycles. The summed E-state index contributed by atoms with van der Waals surface area (Å²) in [5, 5.41) is 0. The molecule has 0 heterocycles. The van der Waals surface area contributed by atoms with Crippen molar-refractivity contribution < 1.29 is 0 Å². The van der Waals surface area contributed by atoms with Crippen molar-refractivity contribution in [1.82, 2.24) is 0 Å². The summed E-state index contributed by atoms with van der Waals surface area (Å²) >= 11 is 1.87. The Labute approximate surface area is 113 Å². The van der Waals surface area contributed by atoms with E-state index >= 15 is 0 Å². The minimum atomic E-state index is 0.772. The summed E-state index contributed by atoms with van der Waals surface area (Å²) in [6.45, 7) is 2.88. The molecule has 0 aliphatic rings. The van der Waals surface area contributed by atoms with Crippen LogP contribution in [0.3, 0.4) is 0 Å². The highest BCUT2D eigenvalue weighted by Gasteiger charge is 1.98. The van der Waals surface area contributed by atoms with Crippen molar-refractivity contribution in [3.8, 4) is 11.1 Å². The van der Waals surface area contributed by atoms with Crippen molar-refractivity contribution in [3.05, 3.63) is 54.1 Å². The highest BCUT2D eigenvalue weighted by molar-refractivity contribution is 7.99. The molecule has 2 aromatic carbocycles. The maximum Gasteiger partial charge on any atom is 0.00723 e. The first-order valence-electron chi connectivity index (χ1n) is 6.29. The zero-order valence-electron chi connectivity index (χ0n) is 10.7. The number of nitrogens with two attached hydrogens (primary N) is 1. The molecular formula is C16H19NS. The maximum atomic E-state index is 5.49. The molecular weight excluding hydrogens is 238 g/mol. The van der Waals surface area contributed by atoms with Gasteiger partial charge in [-0.2, -0.15) is 0 Å². The molecule has 0 bridgehead atoms. The molecule has 1 nitrogen and oxygen atoms in total. The van der Waals surface area contributed by atoms with Gasteiger partial charge in [0, 0.05) is 4.90 Å². The van der Waals surface area contributed by atoms with Crippen LogP contribution in [0.5, 0.6) is 0 Å². The van der Waals surface area contributed by atoms with Gasteiger partial charge in [-0.05, 0) is 48.9 Å². The summed E-state index contributed by atoms with van der Waals surface area (Å²) in [6, 6.07) is 17.4. The third-order valence-electron chi connectivity index (χ3n) is 2.86. The van der Waals surface area contributed by atoms with Gasteiger partial charge in [0.05, 0.1) is 0 Å². The summed E-state index contributed by atoms with van der Waals surface area (Å²) in [5.41, 5.74) is 9.34. The molecule has 0 spiro atoms. The maximum absolute atomic E-state index is 5.49. The van der Waals surface area contributed by atoms with Crippen LogP contribution in [0.2, 0.25) is 0 Å². The van der Waals surface area contributed by atoms with Gasteiger partial charge in [-0.15, -0.1) is 11.8 Å². The molecule has 0 aromatic heterocycles. The van der Waals surface area contributed by atoms with E-state index in [-0.39, 0.29) is 0 Å². The van der Waals surface area contributed by atoms with Crippen LogP contribution in [-0.4, -0.2) is 12.3 Å². The number of hydrogen-bond donors (Lipinski definition) is 1. The number of rotatable bonds is 5. The largest absolute Gasteiger partial charge is 0.330 e. The Hall–Kier alpha value is -1.25. The van der Waals surface area contributed by atoms with E-state index in [1.54, 1.807) is 0 Å². The average Bonchev–Trinajstić information content (AvgIpc) is 2.41. The summed E-state index contributed by atoms with van der Waals surface area (Å²) in [5.74, 6) is 1.10. The SMILES string of the molecule is Cc1ccc(-c2ccc(SCCCN)cc2)cc1. The van der Waals surface area contributed by atoms with Gasteiger partial charge in [0.1, 0.15) is 0 Å². The molecule has 2 heteroatoms. The van der Waals surface area contributed by atoms with Crippen molar-refractivity contribution in [1.29, 1.82) is 0 Å². The number of hydrogen-bond acceptors (Lipinski definition) is 2.